The standard InChI is InChI=1S/C13H23NO/c1-8(2)10(5)7-12-11(6)14(9(3)4)13(12)15/h9,11-12H,7H2,1-6H3/t11-,12-/m1/s1. The Hall–Kier alpha value is -0.790. The minimum absolute atomic E-state index is 0.224. The Bertz CT molecular complexity index is 287. The van der Waals surface area contributed by atoms with E-state index in [1.54, 1.807) is 0 Å². The highest BCUT2D eigenvalue weighted by atomic mass is 16.2. The summed E-state index contributed by atoms with van der Waals surface area (Å²) in [4.78, 5) is 13.9. The Labute approximate surface area is 93.3 Å². The minimum Gasteiger partial charge on any atom is -0.336 e. The molecule has 1 fully saturated rings. The molecule has 0 aromatic rings. The molecule has 2 heteroatoms. The number of hydrogen-bond donors (Lipinski definition) is 0. The molecule has 1 aliphatic rings. The van der Waals surface area contributed by atoms with E-state index in [0.717, 1.165) is 6.42 Å². The lowest BCUT2D eigenvalue weighted by atomic mass is 9.82. The fourth-order valence-corrected chi connectivity index (χ4v) is 2.23. The quantitative estimate of drug-likeness (QED) is 0.517. The summed E-state index contributed by atoms with van der Waals surface area (Å²) in [6.45, 7) is 12.7. The van der Waals surface area contributed by atoms with Gasteiger partial charge in [-0.25, -0.2) is 0 Å². The molecule has 1 rings (SSSR count). The molecule has 1 aliphatic heterocycles. The van der Waals surface area contributed by atoms with Gasteiger partial charge in [0.2, 0.25) is 5.91 Å². The second-order valence-electron chi connectivity index (χ2n) is 5.17. The number of amides is 1. The Morgan fingerprint density at radius 1 is 1.33 bits per heavy atom. The molecular formula is C13H23NO. The largest absolute Gasteiger partial charge is 0.336 e. The van der Waals surface area contributed by atoms with Crippen LogP contribution in [-0.2, 0) is 4.79 Å². The summed E-state index contributed by atoms with van der Waals surface area (Å²) in [5.74, 6) is 0.556. The normalized spacial score (nSPS) is 25.5. The number of carbonyl (C=O) groups is 1. The Morgan fingerprint density at radius 3 is 2.20 bits per heavy atom. The molecule has 1 saturated heterocycles. The van der Waals surface area contributed by atoms with E-state index in [4.69, 9.17) is 0 Å². The average Bonchev–Trinajstić information content (AvgIpc) is 2.13. The van der Waals surface area contributed by atoms with Crippen molar-refractivity contribution in [3.8, 4) is 0 Å². The molecule has 0 bridgehead atoms. The van der Waals surface area contributed by atoms with Crippen LogP contribution in [0.4, 0.5) is 0 Å². The Morgan fingerprint density at radius 2 is 1.87 bits per heavy atom. The van der Waals surface area contributed by atoms with Gasteiger partial charge in [-0.1, -0.05) is 11.1 Å². The third-order valence-corrected chi connectivity index (χ3v) is 3.53. The van der Waals surface area contributed by atoms with Gasteiger partial charge in [-0.2, -0.15) is 0 Å². The van der Waals surface area contributed by atoms with Gasteiger partial charge in [0.05, 0.1) is 5.92 Å². The number of carbonyl (C=O) groups excluding carboxylic acids is 1. The lowest BCUT2D eigenvalue weighted by Crippen LogP contribution is -2.61. The predicted molar refractivity (Wildman–Crippen MR) is 63.6 cm³/mol. The minimum atomic E-state index is 0.224. The van der Waals surface area contributed by atoms with Crippen molar-refractivity contribution in [3.63, 3.8) is 0 Å². The van der Waals surface area contributed by atoms with Gasteiger partial charge < -0.3 is 4.90 Å². The molecule has 1 heterocycles. The van der Waals surface area contributed by atoms with E-state index in [9.17, 15) is 4.79 Å². The van der Waals surface area contributed by atoms with Crippen LogP contribution in [0.25, 0.3) is 0 Å². The maximum Gasteiger partial charge on any atom is 0.228 e. The topological polar surface area (TPSA) is 20.3 Å². The molecular weight excluding hydrogens is 186 g/mol. The van der Waals surface area contributed by atoms with Gasteiger partial charge in [-0.3, -0.25) is 4.79 Å². The molecule has 86 valence electrons. The highest BCUT2D eigenvalue weighted by Crippen LogP contribution is 2.33. The lowest BCUT2D eigenvalue weighted by molar-refractivity contribution is -0.158. The third kappa shape index (κ3) is 2.24. The van der Waals surface area contributed by atoms with Gasteiger partial charge in [0.1, 0.15) is 0 Å². The Balaban J connectivity index is 2.63. The number of hydrogen-bond acceptors (Lipinski definition) is 1. The third-order valence-electron chi connectivity index (χ3n) is 3.53. The van der Waals surface area contributed by atoms with Gasteiger partial charge in [0.25, 0.3) is 0 Å². The number of rotatable bonds is 3. The summed E-state index contributed by atoms with van der Waals surface area (Å²) < 4.78 is 0. The first kappa shape index (κ1) is 12.3. The number of allylic oxidation sites excluding steroid dienone is 2. The SMILES string of the molecule is CC(C)=C(C)C[C@H]1C(=O)N(C(C)C)[C@@H]1C. The maximum atomic E-state index is 11.9. The van der Waals surface area contributed by atoms with Crippen molar-refractivity contribution in [2.24, 2.45) is 5.92 Å². The predicted octanol–water partition coefficient (Wildman–Crippen LogP) is 2.99. The summed E-state index contributed by atoms with van der Waals surface area (Å²) in [7, 11) is 0. The average molecular weight is 209 g/mol. The molecule has 0 radical (unpaired) electrons. The van der Waals surface area contributed by atoms with E-state index in [1.807, 2.05) is 4.90 Å². The van der Waals surface area contributed by atoms with Crippen LogP contribution in [0.2, 0.25) is 0 Å². The molecule has 1 amide bonds. The first-order valence-corrected chi connectivity index (χ1v) is 5.81. The van der Waals surface area contributed by atoms with Crippen LogP contribution in [0.15, 0.2) is 11.1 Å². The molecule has 0 unspecified atom stereocenters. The smallest absolute Gasteiger partial charge is 0.228 e. The summed E-state index contributed by atoms with van der Waals surface area (Å²) in [5.41, 5.74) is 2.71. The van der Waals surface area contributed by atoms with Crippen LogP contribution >= 0.6 is 0 Å². The van der Waals surface area contributed by atoms with Crippen LogP contribution < -0.4 is 0 Å². The molecule has 2 atom stereocenters. The maximum absolute atomic E-state index is 11.9. The van der Waals surface area contributed by atoms with Crippen LogP contribution in [0.3, 0.4) is 0 Å². The van der Waals surface area contributed by atoms with E-state index in [2.05, 4.69) is 41.5 Å². The van der Waals surface area contributed by atoms with Gasteiger partial charge in [-0.15, -0.1) is 0 Å². The van der Waals surface area contributed by atoms with Crippen LogP contribution in [0.5, 0.6) is 0 Å². The van der Waals surface area contributed by atoms with Gasteiger partial charge >= 0.3 is 0 Å². The van der Waals surface area contributed by atoms with Crippen molar-refractivity contribution in [2.45, 2.75) is 60.0 Å². The van der Waals surface area contributed by atoms with Crippen molar-refractivity contribution in [3.05, 3.63) is 11.1 Å². The van der Waals surface area contributed by atoms with Gasteiger partial charge in [0, 0.05) is 12.1 Å². The summed E-state index contributed by atoms with van der Waals surface area (Å²) in [5, 5.41) is 0. The van der Waals surface area contributed by atoms with Crippen molar-refractivity contribution >= 4 is 5.91 Å². The fraction of sp³-hybridized carbons (Fsp3) is 0.769. The first-order valence-electron chi connectivity index (χ1n) is 5.81. The van der Waals surface area contributed by atoms with E-state index < -0.39 is 0 Å². The van der Waals surface area contributed by atoms with Crippen molar-refractivity contribution in [2.75, 3.05) is 0 Å². The molecule has 0 N–H and O–H groups in total. The highest BCUT2D eigenvalue weighted by Gasteiger charge is 2.44. The summed E-state index contributed by atoms with van der Waals surface area (Å²) >= 11 is 0. The monoisotopic (exact) mass is 209 g/mol. The molecule has 0 aromatic carbocycles. The first-order chi connectivity index (χ1) is 6.86. The molecule has 0 aromatic heterocycles. The number of β-lactam (4-membered cyclic amide) rings is 1. The van der Waals surface area contributed by atoms with Crippen LogP contribution in [-0.4, -0.2) is 22.9 Å². The number of nitrogens with zero attached hydrogens (tertiary/aromatic N) is 1. The van der Waals surface area contributed by atoms with Crippen molar-refractivity contribution < 1.29 is 4.79 Å². The molecule has 2 nitrogen and oxygen atoms in total. The van der Waals surface area contributed by atoms with Crippen molar-refractivity contribution in [1.29, 1.82) is 0 Å². The molecule has 15 heavy (non-hydrogen) atoms. The highest BCUT2D eigenvalue weighted by molar-refractivity contribution is 5.86. The molecule has 0 saturated carbocycles. The number of likely N-dealkylation sites (tertiary alicyclic amines) is 1. The molecule has 0 spiro atoms. The summed E-state index contributed by atoms with van der Waals surface area (Å²) in [6, 6.07) is 0.752. The second kappa shape index (κ2) is 4.38. The zero-order chi connectivity index (χ0) is 11.7. The van der Waals surface area contributed by atoms with Gasteiger partial charge in [0.15, 0.2) is 0 Å². The second-order valence-corrected chi connectivity index (χ2v) is 5.17. The van der Waals surface area contributed by atoms with Crippen LogP contribution in [0, 0.1) is 5.92 Å². The lowest BCUT2D eigenvalue weighted by Gasteiger charge is -2.48. The van der Waals surface area contributed by atoms with E-state index in [1.165, 1.54) is 11.1 Å². The van der Waals surface area contributed by atoms with E-state index >= 15 is 0 Å². The van der Waals surface area contributed by atoms with Gasteiger partial charge in [-0.05, 0) is 48.0 Å². The molecule has 0 aliphatic carbocycles. The van der Waals surface area contributed by atoms with E-state index in [-0.39, 0.29) is 5.92 Å². The van der Waals surface area contributed by atoms with E-state index in [0.29, 0.717) is 18.0 Å². The fourth-order valence-electron chi connectivity index (χ4n) is 2.23. The summed E-state index contributed by atoms with van der Waals surface area (Å²) in [6.07, 6.45) is 0.936. The zero-order valence-corrected chi connectivity index (χ0v) is 10.8. The van der Waals surface area contributed by atoms with Crippen LogP contribution in [0.1, 0.15) is 48.0 Å². The van der Waals surface area contributed by atoms with Crippen molar-refractivity contribution in [1.82, 2.24) is 4.90 Å². The Kier molecular flexibility index (Phi) is 3.58. The zero-order valence-electron chi connectivity index (χ0n) is 10.8.